The molecule has 7 heteroatoms. The second kappa shape index (κ2) is 9.95. The monoisotopic (exact) mass is 448 g/mol. The fourth-order valence-corrected chi connectivity index (χ4v) is 6.00. The van der Waals surface area contributed by atoms with E-state index in [4.69, 9.17) is 4.74 Å². The molecule has 4 N–H and O–H groups in total. The average molecular weight is 448 g/mol. The minimum absolute atomic E-state index is 0.452. The van der Waals surface area contributed by atoms with Crippen LogP contribution < -0.4 is 5.30 Å². The summed E-state index contributed by atoms with van der Waals surface area (Å²) < 4.78 is 18.6. The summed E-state index contributed by atoms with van der Waals surface area (Å²) in [5, 5.41) is 40.9. The van der Waals surface area contributed by atoms with Gasteiger partial charge in [-0.05, 0) is 35.6 Å². The Labute approximate surface area is 183 Å². The first-order chi connectivity index (χ1) is 14.7. The number of benzene rings is 2. The van der Waals surface area contributed by atoms with Gasteiger partial charge >= 0.3 is 0 Å². The number of aliphatic hydroxyl groups excluding tert-OH is 4. The van der Waals surface area contributed by atoms with Gasteiger partial charge in [0.1, 0.15) is 37.7 Å². The van der Waals surface area contributed by atoms with Crippen molar-refractivity contribution in [3.05, 3.63) is 64.7 Å². The van der Waals surface area contributed by atoms with Crippen LogP contribution in [-0.2, 0) is 15.7 Å². The third-order valence-corrected chi connectivity index (χ3v) is 9.70. The van der Waals surface area contributed by atoms with Crippen LogP contribution >= 0.6 is 7.14 Å². The van der Waals surface area contributed by atoms with Gasteiger partial charge in [-0.1, -0.05) is 56.3 Å². The summed E-state index contributed by atoms with van der Waals surface area (Å²) in [6, 6.07) is 13.6. The maximum absolute atomic E-state index is 12.9. The smallest absolute Gasteiger partial charge is 0.115 e. The Morgan fingerprint density at radius 3 is 2.16 bits per heavy atom. The lowest BCUT2D eigenvalue weighted by Gasteiger charge is -2.40. The van der Waals surface area contributed by atoms with Gasteiger partial charge in [-0.15, -0.1) is 0 Å². The summed E-state index contributed by atoms with van der Waals surface area (Å²) in [6.07, 6.45) is -3.90. The van der Waals surface area contributed by atoms with Crippen molar-refractivity contribution in [3.63, 3.8) is 0 Å². The summed E-state index contributed by atoms with van der Waals surface area (Å²) in [4.78, 5) is 0. The summed E-state index contributed by atoms with van der Waals surface area (Å²) in [7, 11) is -2.31. The molecule has 170 valence electrons. The van der Waals surface area contributed by atoms with Crippen molar-refractivity contribution >= 4 is 12.4 Å². The van der Waals surface area contributed by atoms with Crippen molar-refractivity contribution in [1.29, 1.82) is 0 Å². The lowest BCUT2D eigenvalue weighted by atomic mass is 9.89. The predicted molar refractivity (Wildman–Crippen MR) is 121 cm³/mol. The van der Waals surface area contributed by atoms with Crippen molar-refractivity contribution in [2.75, 3.05) is 18.9 Å². The molecule has 1 heterocycles. The largest absolute Gasteiger partial charge is 0.394 e. The Bertz CT molecular complexity index is 918. The Hall–Kier alpha value is -1.53. The zero-order chi connectivity index (χ0) is 22.8. The highest BCUT2D eigenvalue weighted by Gasteiger charge is 2.43. The fraction of sp³-hybridized carbons (Fsp3) is 0.500. The lowest BCUT2D eigenvalue weighted by molar-refractivity contribution is -0.231. The average Bonchev–Trinajstić information content (AvgIpc) is 2.79. The van der Waals surface area contributed by atoms with E-state index in [0.29, 0.717) is 24.3 Å². The molecule has 6 nitrogen and oxygen atoms in total. The van der Waals surface area contributed by atoms with Gasteiger partial charge in [-0.2, -0.15) is 0 Å². The molecular weight excluding hydrogens is 415 g/mol. The molecule has 0 saturated carbocycles. The maximum Gasteiger partial charge on any atom is 0.115 e. The van der Waals surface area contributed by atoms with Crippen molar-refractivity contribution in [2.24, 2.45) is 0 Å². The van der Waals surface area contributed by atoms with E-state index in [0.717, 1.165) is 22.0 Å². The third-order valence-electron chi connectivity index (χ3n) is 6.42. The van der Waals surface area contributed by atoms with E-state index in [1.807, 2.05) is 63.2 Å². The molecule has 0 amide bonds. The summed E-state index contributed by atoms with van der Waals surface area (Å²) >= 11 is 0. The van der Waals surface area contributed by atoms with E-state index in [2.05, 4.69) is 0 Å². The standard InChI is InChI=1S/C24H33O6P/c1-4-31(29,5-2)19-10-7-16(8-11-19)12-18-13-17(9-6-15(18)3)24-23(28)22(27)21(26)20(14-25)30-24/h6-11,13,20-28H,4-5,12,14H2,1-3H3/t20-,21-,22+,23-,24+/m1/s1. The lowest BCUT2D eigenvalue weighted by Crippen LogP contribution is -2.55. The van der Waals surface area contributed by atoms with Gasteiger partial charge in [-0.25, -0.2) is 0 Å². The molecule has 0 radical (unpaired) electrons. The van der Waals surface area contributed by atoms with Gasteiger partial charge in [-0.3, -0.25) is 0 Å². The van der Waals surface area contributed by atoms with Crippen LogP contribution in [-0.4, -0.2) is 63.8 Å². The van der Waals surface area contributed by atoms with E-state index in [9.17, 15) is 25.0 Å². The van der Waals surface area contributed by atoms with Crippen LogP contribution in [0.4, 0.5) is 0 Å². The molecule has 5 atom stereocenters. The first-order valence-electron chi connectivity index (χ1n) is 10.8. The molecule has 3 rings (SSSR count). The molecule has 1 aliphatic rings. The number of ether oxygens (including phenoxy) is 1. The van der Waals surface area contributed by atoms with Gasteiger partial charge in [0.2, 0.25) is 0 Å². The van der Waals surface area contributed by atoms with Crippen molar-refractivity contribution in [3.8, 4) is 0 Å². The minimum Gasteiger partial charge on any atom is -0.394 e. The Morgan fingerprint density at radius 1 is 0.935 bits per heavy atom. The van der Waals surface area contributed by atoms with Crippen LogP contribution in [0.2, 0.25) is 0 Å². The van der Waals surface area contributed by atoms with E-state index in [-0.39, 0.29) is 0 Å². The van der Waals surface area contributed by atoms with Gasteiger partial charge in [0.05, 0.1) is 6.61 Å². The molecule has 0 unspecified atom stereocenters. The SMILES string of the molecule is CCP(=O)(CC)c1ccc(Cc2cc([C@@H]3O[C@H](CO)[C@@H](O)[C@H](O)[C@H]3O)ccc2C)cc1. The van der Waals surface area contributed by atoms with Crippen LogP contribution in [0.1, 0.15) is 42.2 Å². The van der Waals surface area contributed by atoms with Crippen molar-refractivity contribution in [1.82, 2.24) is 0 Å². The Balaban J connectivity index is 1.84. The van der Waals surface area contributed by atoms with Crippen LogP contribution in [0.15, 0.2) is 42.5 Å². The molecule has 0 aliphatic carbocycles. The molecule has 31 heavy (non-hydrogen) atoms. The van der Waals surface area contributed by atoms with E-state index in [1.165, 1.54) is 0 Å². The molecule has 2 aromatic carbocycles. The van der Waals surface area contributed by atoms with Crippen molar-refractivity contribution in [2.45, 2.75) is 57.7 Å². The first kappa shape index (κ1) is 24.1. The second-order valence-corrected chi connectivity index (χ2v) is 11.9. The zero-order valence-corrected chi connectivity index (χ0v) is 19.2. The highest BCUT2D eigenvalue weighted by atomic mass is 31.2. The summed E-state index contributed by atoms with van der Waals surface area (Å²) in [6.45, 7) is 5.48. The number of aryl methyl sites for hydroxylation is 1. The predicted octanol–water partition coefficient (Wildman–Crippen LogP) is 2.13. The molecule has 1 fully saturated rings. The third kappa shape index (κ3) is 4.95. The molecule has 0 bridgehead atoms. The molecular formula is C24H33O6P. The maximum atomic E-state index is 12.9. The van der Waals surface area contributed by atoms with Gasteiger partial charge in [0, 0.05) is 17.6 Å². The number of aliphatic hydroxyl groups is 4. The molecule has 1 aliphatic heterocycles. The Kier molecular flexibility index (Phi) is 7.74. The Morgan fingerprint density at radius 2 is 1.58 bits per heavy atom. The highest BCUT2D eigenvalue weighted by Crippen LogP contribution is 2.43. The quantitative estimate of drug-likeness (QED) is 0.484. The minimum atomic E-state index is -2.31. The normalized spacial score (nSPS) is 26.7. The summed E-state index contributed by atoms with van der Waals surface area (Å²) in [5.74, 6) is 0. The molecule has 1 saturated heterocycles. The van der Waals surface area contributed by atoms with Gasteiger partial charge in [0.15, 0.2) is 0 Å². The molecule has 0 aromatic heterocycles. The van der Waals surface area contributed by atoms with Crippen molar-refractivity contribution < 1.29 is 29.7 Å². The second-order valence-electron chi connectivity index (χ2n) is 8.30. The van der Waals surface area contributed by atoms with Gasteiger partial charge < -0.3 is 29.7 Å². The molecule has 2 aromatic rings. The van der Waals surface area contributed by atoms with Gasteiger partial charge in [0.25, 0.3) is 0 Å². The van der Waals surface area contributed by atoms with E-state index < -0.39 is 44.3 Å². The zero-order valence-electron chi connectivity index (χ0n) is 18.3. The number of hydrogen-bond acceptors (Lipinski definition) is 6. The van der Waals surface area contributed by atoms with Crippen LogP contribution in [0, 0.1) is 6.92 Å². The van der Waals surface area contributed by atoms with Crippen LogP contribution in [0.3, 0.4) is 0 Å². The first-order valence-corrected chi connectivity index (χ1v) is 12.9. The number of rotatable bonds is 7. The fourth-order valence-electron chi connectivity index (χ4n) is 4.13. The van der Waals surface area contributed by atoms with E-state index >= 15 is 0 Å². The number of hydrogen-bond donors (Lipinski definition) is 4. The van der Waals surface area contributed by atoms with Crippen LogP contribution in [0.5, 0.6) is 0 Å². The van der Waals surface area contributed by atoms with Crippen LogP contribution in [0.25, 0.3) is 0 Å². The topological polar surface area (TPSA) is 107 Å². The molecule has 0 spiro atoms. The highest BCUT2D eigenvalue weighted by molar-refractivity contribution is 7.71. The summed E-state index contributed by atoms with van der Waals surface area (Å²) in [5.41, 5.74) is 3.87. The van der Waals surface area contributed by atoms with E-state index in [1.54, 1.807) is 0 Å².